The average Bonchev–Trinajstić information content (AvgIpc) is 2.48. The summed E-state index contributed by atoms with van der Waals surface area (Å²) in [6.07, 6.45) is 3.95. The molecule has 6 nitrogen and oxygen atoms in total. The first-order valence-corrected chi connectivity index (χ1v) is 7.60. The molecule has 0 radical (unpaired) electrons. The summed E-state index contributed by atoms with van der Waals surface area (Å²) in [6.45, 7) is 5.54. The number of carbonyl (C=O) groups excluding carboxylic acids is 1. The Morgan fingerprint density at radius 3 is 2.57 bits per heavy atom. The zero-order chi connectivity index (χ0) is 15.2. The third-order valence-electron chi connectivity index (χ3n) is 3.66. The molecule has 1 aromatic rings. The lowest BCUT2D eigenvalue weighted by Gasteiger charge is -2.29. The van der Waals surface area contributed by atoms with Gasteiger partial charge in [0.05, 0.1) is 0 Å². The Balaban J connectivity index is 1.86. The molecule has 1 aliphatic heterocycles. The van der Waals surface area contributed by atoms with Crippen molar-refractivity contribution in [3.8, 4) is 0 Å². The van der Waals surface area contributed by atoms with Crippen molar-refractivity contribution in [2.24, 2.45) is 0 Å². The van der Waals surface area contributed by atoms with Gasteiger partial charge in [-0.25, -0.2) is 0 Å². The highest BCUT2D eigenvalue weighted by Crippen LogP contribution is 2.11. The molecule has 0 aliphatic carbocycles. The van der Waals surface area contributed by atoms with Gasteiger partial charge in [-0.3, -0.25) is 4.79 Å². The van der Waals surface area contributed by atoms with E-state index in [0.29, 0.717) is 11.7 Å². The summed E-state index contributed by atoms with van der Waals surface area (Å²) in [5.74, 6) is 0.588. The number of piperidine rings is 1. The first kappa shape index (κ1) is 15.7. The first-order chi connectivity index (χ1) is 10.1. The van der Waals surface area contributed by atoms with Crippen molar-refractivity contribution in [3.05, 3.63) is 17.8 Å². The van der Waals surface area contributed by atoms with Crippen LogP contribution in [-0.4, -0.2) is 65.7 Å². The second-order valence-corrected chi connectivity index (χ2v) is 5.91. The van der Waals surface area contributed by atoms with E-state index in [0.717, 1.165) is 12.4 Å². The Labute approximate surface area is 126 Å². The minimum Gasteiger partial charge on any atom is -0.365 e. The van der Waals surface area contributed by atoms with Crippen molar-refractivity contribution < 1.29 is 4.79 Å². The lowest BCUT2D eigenvalue weighted by Crippen LogP contribution is -2.38. The maximum Gasteiger partial charge on any atom is 0.273 e. The molecule has 1 amide bonds. The van der Waals surface area contributed by atoms with Crippen LogP contribution in [0.5, 0.6) is 0 Å². The van der Waals surface area contributed by atoms with Gasteiger partial charge in [0.2, 0.25) is 0 Å². The molecule has 0 spiro atoms. The van der Waals surface area contributed by atoms with Gasteiger partial charge in [-0.05, 0) is 45.0 Å². The van der Waals surface area contributed by atoms with Gasteiger partial charge < -0.3 is 15.1 Å². The fourth-order valence-electron chi connectivity index (χ4n) is 2.58. The first-order valence-electron chi connectivity index (χ1n) is 7.60. The topological polar surface area (TPSA) is 61.4 Å². The maximum atomic E-state index is 11.7. The van der Waals surface area contributed by atoms with Crippen LogP contribution in [0.1, 0.15) is 36.7 Å². The minimum absolute atomic E-state index is 0.129. The molecule has 21 heavy (non-hydrogen) atoms. The van der Waals surface area contributed by atoms with Crippen LogP contribution in [0.2, 0.25) is 0 Å². The molecule has 0 bridgehead atoms. The molecule has 116 valence electrons. The van der Waals surface area contributed by atoms with Gasteiger partial charge in [0.1, 0.15) is 5.82 Å². The van der Waals surface area contributed by atoms with Crippen LogP contribution in [0.3, 0.4) is 0 Å². The van der Waals surface area contributed by atoms with Crippen molar-refractivity contribution in [2.45, 2.75) is 32.2 Å². The third-order valence-corrected chi connectivity index (χ3v) is 3.66. The Morgan fingerprint density at radius 1 is 1.29 bits per heavy atom. The van der Waals surface area contributed by atoms with Gasteiger partial charge in [0, 0.05) is 26.7 Å². The van der Waals surface area contributed by atoms with E-state index in [1.807, 2.05) is 6.07 Å². The van der Waals surface area contributed by atoms with Gasteiger partial charge in [-0.15, -0.1) is 10.2 Å². The molecule has 1 aliphatic rings. The number of aromatic nitrogens is 2. The highest BCUT2D eigenvalue weighted by atomic mass is 16.2. The fourth-order valence-corrected chi connectivity index (χ4v) is 2.58. The Hall–Kier alpha value is -1.69. The third kappa shape index (κ3) is 4.67. The molecule has 0 aromatic carbocycles. The second-order valence-electron chi connectivity index (χ2n) is 5.91. The minimum atomic E-state index is -0.129. The SMILES string of the molecule is CC(CN1CCCCC1)Nc1ccc(C(=O)N(C)C)nn1. The summed E-state index contributed by atoms with van der Waals surface area (Å²) in [5.41, 5.74) is 0.370. The number of amides is 1. The van der Waals surface area contributed by atoms with Crippen molar-refractivity contribution >= 4 is 11.7 Å². The van der Waals surface area contributed by atoms with E-state index >= 15 is 0 Å². The molecule has 1 N–H and O–H groups in total. The van der Waals surface area contributed by atoms with Crippen LogP contribution < -0.4 is 5.32 Å². The predicted octanol–water partition coefficient (Wildman–Crippen LogP) is 1.46. The monoisotopic (exact) mass is 291 g/mol. The van der Waals surface area contributed by atoms with Crippen LogP contribution in [0, 0.1) is 0 Å². The van der Waals surface area contributed by atoms with Crippen molar-refractivity contribution in [3.63, 3.8) is 0 Å². The van der Waals surface area contributed by atoms with Crippen LogP contribution in [-0.2, 0) is 0 Å². The lowest BCUT2D eigenvalue weighted by atomic mass is 10.1. The number of nitrogens with zero attached hydrogens (tertiary/aromatic N) is 4. The van der Waals surface area contributed by atoms with Crippen molar-refractivity contribution in [1.29, 1.82) is 0 Å². The molecular formula is C15H25N5O. The molecule has 2 rings (SSSR count). The predicted molar refractivity (Wildman–Crippen MR) is 83.4 cm³/mol. The molecule has 2 heterocycles. The highest BCUT2D eigenvalue weighted by Gasteiger charge is 2.14. The molecule has 1 unspecified atom stereocenters. The number of rotatable bonds is 5. The van der Waals surface area contributed by atoms with Gasteiger partial charge in [-0.2, -0.15) is 0 Å². The second kappa shape index (κ2) is 7.36. The number of hydrogen-bond donors (Lipinski definition) is 1. The van der Waals surface area contributed by atoms with Gasteiger partial charge >= 0.3 is 0 Å². The fraction of sp³-hybridized carbons (Fsp3) is 0.667. The summed E-state index contributed by atoms with van der Waals surface area (Å²) in [5, 5.41) is 11.4. The van der Waals surface area contributed by atoms with Crippen molar-refractivity contribution in [1.82, 2.24) is 20.0 Å². The molecule has 1 fully saturated rings. The average molecular weight is 291 g/mol. The number of nitrogens with one attached hydrogen (secondary N) is 1. The summed E-state index contributed by atoms with van der Waals surface area (Å²) in [4.78, 5) is 15.7. The summed E-state index contributed by atoms with van der Waals surface area (Å²) in [7, 11) is 3.41. The lowest BCUT2D eigenvalue weighted by molar-refractivity contribution is 0.0821. The van der Waals surface area contributed by atoms with Crippen LogP contribution in [0.25, 0.3) is 0 Å². The van der Waals surface area contributed by atoms with Crippen LogP contribution in [0.15, 0.2) is 12.1 Å². The van der Waals surface area contributed by atoms with E-state index in [9.17, 15) is 4.79 Å². The molecule has 6 heteroatoms. The van der Waals surface area contributed by atoms with Gasteiger partial charge in [-0.1, -0.05) is 6.42 Å². The van der Waals surface area contributed by atoms with Crippen molar-refractivity contribution in [2.75, 3.05) is 39.0 Å². The summed E-state index contributed by atoms with van der Waals surface area (Å²) >= 11 is 0. The molecular weight excluding hydrogens is 266 g/mol. The van der Waals surface area contributed by atoms with E-state index in [4.69, 9.17) is 0 Å². The zero-order valence-electron chi connectivity index (χ0n) is 13.2. The van der Waals surface area contributed by atoms with Gasteiger partial charge in [0.15, 0.2) is 5.69 Å². The number of hydrogen-bond acceptors (Lipinski definition) is 5. The van der Waals surface area contributed by atoms with Crippen LogP contribution >= 0.6 is 0 Å². The number of carbonyl (C=O) groups is 1. The van der Waals surface area contributed by atoms with E-state index in [2.05, 4.69) is 27.3 Å². The number of anilines is 1. The standard InChI is InChI=1S/C15H25N5O/c1-12(11-20-9-5-4-6-10-20)16-14-8-7-13(17-18-14)15(21)19(2)3/h7-8,12H,4-6,9-11H2,1-3H3,(H,16,18). The van der Waals surface area contributed by atoms with E-state index in [1.165, 1.54) is 37.3 Å². The van der Waals surface area contributed by atoms with E-state index in [1.54, 1.807) is 20.2 Å². The summed E-state index contributed by atoms with van der Waals surface area (Å²) < 4.78 is 0. The molecule has 1 atom stereocenters. The molecule has 0 saturated carbocycles. The zero-order valence-corrected chi connectivity index (χ0v) is 13.2. The normalized spacial score (nSPS) is 17.3. The van der Waals surface area contributed by atoms with Gasteiger partial charge in [0.25, 0.3) is 5.91 Å². The maximum absolute atomic E-state index is 11.7. The highest BCUT2D eigenvalue weighted by molar-refractivity contribution is 5.91. The largest absolute Gasteiger partial charge is 0.365 e. The molecule has 1 saturated heterocycles. The van der Waals surface area contributed by atoms with E-state index < -0.39 is 0 Å². The summed E-state index contributed by atoms with van der Waals surface area (Å²) in [6, 6.07) is 3.84. The Bertz CT molecular complexity index is 454. The molecule has 1 aromatic heterocycles. The quantitative estimate of drug-likeness (QED) is 0.890. The van der Waals surface area contributed by atoms with E-state index in [-0.39, 0.29) is 5.91 Å². The smallest absolute Gasteiger partial charge is 0.273 e. The Kier molecular flexibility index (Phi) is 5.50. The number of likely N-dealkylation sites (tertiary alicyclic amines) is 1. The van der Waals surface area contributed by atoms with Crippen LogP contribution in [0.4, 0.5) is 5.82 Å². The Morgan fingerprint density at radius 2 is 2.00 bits per heavy atom.